The van der Waals surface area contributed by atoms with Crippen molar-refractivity contribution in [2.24, 2.45) is 5.73 Å². The number of piperazine rings is 1. The van der Waals surface area contributed by atoms with Crippen LogP contribution in [-0.2, 0) is 6.18 Å². The summed E-state index contributed by atoms with van der Waals surface area (Å²) in [6.45, 7) is 2.28. The van der Waals surface area contributed by atoms with E-state index in [0.717, 1.165) is 6.07 Å². The molecule has 5 rings (SSSR count). The van der Waals surface area contributed by atoms with Crippen molar-refractivity contribution in [2.45, 2.75) is 19.1 Å². The van der Waals surface area contributed by atoms with Gasteiger partial charge >= 0.3 is 6.18 Å². The number of amides is 2. The first-order valence-corrected chi connectivity index (χ1v) is 12.6. The van der Waals surface area contributed by atoms with E-state index in [1.165, 1.54) is 47.2 Å². The first-order chi connectivity index (χ1) is 19.5. The normalized spacial score (nSPS) is 14.8. The molecule has 0 aliphatic carbocycles. The number of hydrogen-bond donors (Lipinski definition) is 1. The van der Waals surface area contributed by atoms with Crippen LogP contribution < -0.4 is 10.5 Å². The van der Waals surface area contributed by atoms with Crippen LogP contribution in [0.15, 0.2) is 52.9 Å². The number of pyridine rings is 1. The Labute approximate surface area is 231 Å². The first kappa shape index (κ1) is 28.0. The van der Waals surface area contributed by atoms with Gasteiger partial charge < -0.3 is 24.7 Å². The number of fused-ring (bicyclic) bond motifs is 1. The van der Waals surface area contributed by atoms with Gasteiger partial charge in [0.25, 0.3) is 11.8 Å². The molecule has 0 bridgehead atoms. The van der Waals surface area contributed by atoms with Crippen molar-refractivity contribution in [1.82, 2.24) is 19.8 Å². The Morgan fingerprint density at radius 1 is 0.976 bits per heavy atom. The van der Waals surface area contributed by atoms with Crippen LogP contribution in [0.3, 0.4) is 0 Å². The number of carbonyl (C=O) groups excluding carboxylic acids is 2. The second-order valence-corrected chi connectivity index (χ2v) is 9.49. The van der Waals surface area contributed by atoms with Gasteiger partial charge in [0.2, 0.25) is 5.89 Å². The molecule has 4 aromatic rings. The average molecular weight is 572 g/mol. The monoisotopic (exact) mass is 571 g/mol. The van der Waals surface area contributed by atoms with Crippen LogP contribution in [0.2, 0.25) is 0 Å². The molecule has 9 nitrogen and oxygen atoms in total. The molecule has 0 radical (unpaired) electrons. The molecular formula is C28H25F4N5O4. The number of ether oxygens (including phenoxy) is 1. The van der Waals surface area contributed by atoms with Crippen LogP contribution in [-0.4, -0.2) is 64.9 Å². The summed E-state index contributed by atoms with van der Waals surface area (Å²) in [5.41, 5.74) is 5.15. The summed E-state index contributed by atoms with van der Waals surface area (Å²) in [7, 11) is 1.32. The molecule has 13 heteroatoms. The number of halogens is 4. The smallest absolute Gasteiger partial charge is 0.433 e. The van der Waals surface area contributed by atoms with E-state index in [1.807, 2.05) is 0 Å². The Morgan fingerprint density at radius 2 is 1.63 bits per heavy atom. The molecule has 2 aromatic heterocycles. The third kappa shape index (κ3) is 5.32. The summed E-state index contributed by atoms with van der Waals surface area (Å²) in [4.78, 5) is 37.4. The Balaban J connectivity index is 1.43. The summed E-state index contributed by atoms with van der Waals surface area (Å²) in [5.74, 6) is -1.39. The van der Waals surface area contributed by atoms with Gasteiger partial charge in [-0.2, -0.15) is 13.2 Å². The van der Waals surface area contributed by atoms with Gasteiger partial charge in [-0.05, 0) is 43.3 Å². The molecule has 2 amide bonds. The summed E-state index contributed by atoms with van der Waals surface area (Å²) in [6, 6.07) is 10.0. The molecule has 3 heterocycles. The molecule has 0 saturated carbocycles. The topological polar surface area (TPSA) is 115 Å². The Morgan fingerprint density at radius 3 is 2.24 bits per heavy atom. The predicted molar refractivity (Wildman–Crippen MR) is 140 cm³/mol. The average Bonchev–Trinajstić information content (AvgIpc) is 3.41. The minimum absolute atomic E-state index is 0.0248. The number of nitrogens with zero attached hydrogens (tertiary/aromatic N) is 4. The molecule has 214 valence electrons. The quantitative estimate of drug-likeness (QED) is 0.346. The molecule has 1 aliphatic heterocycles. The van der Waals surface area contributed by atoms with Crippen molar-refractivity contribution in [3.05, 3.63) is 77.1 Å². The fraction of sp³-hybridized carbons (Fsp3) is 0.286. The lowest BCUT2D eigenvalue weighted by molar-refractivity contribution is -0.140. The Hall–Kier alpha value is -4.52. The van der Waals surface area contributed by atoms with E-state index >= 15 is 0 Å². The third-order valence-corrected chi connectivity index (χ3v) is 6.79. The van der Waals surface area contributed by atoms with E-state index in [4.69, 9.17) is 14.9 Å². The molecule has 1 aliphatic rings. The molecule has 41 heavy (non-hydrogen) atoms. The molecule has 0 unspecified atom stereocenters. The first-order valence-electron chi connectivity index (χ1n) is 12.6. The van der Waals surface area contributed by atoms with Gasteiger partial charge in [-0.25, -0.2) is 14.4 Å². The lowest BCUT2D eigenvalue weighted by Crippen LogP contribution is -2.51. The van der Waals surface area contributed by atoms with Crippen molar-refractivity contribution in [1.29, 1.82) is 0 Å². The molecule has 0 spiro atoms. The van der Waals surface area contributed by atoms with Crippen molar-refractivity contribution < 1.29 is 36.3 Å². The largest absolute Gasteiger partial charge is 0.494 e. The van der Waals surface area contributed by atoms with Gasteiger partial charge in [-0.3, -0.25) is 9.59 Å². The fourth-order valence-corrected chi connectivity index (χ4v) is 4.68. The van der Waals surface area contributed by atoms with E-state index in [0.29, 0.717) is 5.56 Å². The van der Waals surface area contributed by atoms with E-state index in [-0.39, 0.29) is 65.7 Å². The molecule has 1 saturated heterocycles. The molecule has 1 atom stereocenters. The maximum atomic E-state index is 14.1. The predicted octanol–water partition coefficient (Wildman–Crippen LogP) is 4.67. The van der Waals surface area contributed by atoms with Crippen molar-refractivity contribution >= 4 is 22.7 Å². The van der Waals surface area contributed by atoms with Gasteiger partial charge in [0.1, 0.15) is 22.8 Å². The number of hydrogen-bond acceptors (Lipinski definition) is 7. The van der Waals surface area contributed by atoms with Gasteiger partial charge in [0, 0.05) is 37.1 Å². The summed E-state index contributed by atoms with van der Waals surface area (Å²) in [6.07, 6.45) is -4.66. The Kier molecular flexibility index (Phi) is 7.39. The van der Waals surface area contributed by atoms with Crippen molar-refractivity contribution in [3.63, 3.8) is 0 Å². The van der Waals surface area contributed by atoms with Crippen molar-refractivity contribution in [3.8, 4) is 17.2 Å². The number of methoxy groups -OCH3 is 1. The van der Waals surface area contributed by atoms with Gasteiger partial charge in [0.05, 0.1) is 18.7 Å². The van der Waals surface area contributed by atoms with Gasteiger partial charge in [-0.15, -0.1) is 0 Å². The highest BCUT2D eigenvalue weighted by Gasteiger charge is 2.34. The lowest BCUT2D eigenvalue weighted by atomic mass is 10.1. The summed E-state index contributed by atoms with van der Waals surface area (Å²) >= 11 is 0. The van der Waals surface area contributed by atoms with Crippen LogP contribution in [0.4, 0.5) is 17.6 Å². The minimum atomic E-state index is -4.66. The third-order valence-electron chi connectivity index (χ3n) is 6.79. The maximum absolute atomic E-state index is 14.1. The number of carbonyl (C=O) groups is 2. The zero-order valence-corrected chi connectivity index (χ0v) is 22.0. The zero-order valence-electron chi connectivity index (χ0n) is 22.0. The SMILES string of the molecule is COc1ccc(-c2nc(C(=O)N3CCN(C(=O)c4ccccc4F)CC3)c([C@H](C)N)o2)c2ccc(C(F)(F)F)nc12. The number of alkyl halides is 3. The number of nitrogens with two attached hydrogens (primary N) is 1. The summed E-state index contributed by atoms with van der Waals surface area (Å²) in [5, 5.41) is 0.272. The molecule has 2 aromatic carbocycles. The van der Waals surface area contributed by atoms with Crippen LogP contribution in [0.1, 0.15) is 45.3 Å². The van der Waals surface area contributed by atoms with E-state index in [9.17, 15) is 27.2 Å². The minimum Gasteiger partial charge on any atom is -0.494 e. The van der Waals surface area contributed by atoms with E-state index < -0.39 is 35.5 Å². The van der Waals surface area contributed by atoms with Gasteiger partial charge in [0.15, 0.2) is 11.5 Å². The maximum Gasteiger partial charge on any atom is 0.433 e. The molecule has 1 fully saturated rings. The van der Waals surface area contributed by atoms with Crippen molar-refractivity contribution in [2.75, 3.05) is 33.3 Å². The highest BCUT2D eigenvalue weighted by Crippen LogP contribution is 2.37. The molecular weight excluding hydrogens is 546 g/mol. The zero-order chi connectivity index (χ0) is 29.5. The van der Waals surface area contributed by atoms with E-state index in [1.54, 1.807) is 19.1 Å². The lowest BCUT2D eigenvalue weighted by Gasteiger charge is -2.34. The number of oxazole rings is 1. The molecule has 2 N–H and O–H groups in total. The van der Waals surface area contributed by atoms with Crippen LogP contribution in [0.5, 0.6) is 5.75 Å². The second-order valence-electron chi connectivity index (χ2n) is 9.49. The van der Waals surface area contributed by atoms with Crippen LogP contribution in [0, 0.1) is 5.82 Å². The van der Waals surface area contributed by atoms with Gasteiger partial charge in [-0.1, -0.05) is 12.1 Å². The number of rotatable bonds is 5. The highest BCUT2D eigenvalue weighted by molar-refractivity contribution is 5.98. The fourth-order valence-electron chi connectivity index (χ4n) is 4.68. The van der Waals surface area contributed by atoms with Crippen LogP contribution in [0.25, 0.3) is 22.4 Å². The highest BCUT2D eigenvalue weighted by atomic mass is 19.4. The number of benzene rings is 2. The van der Waals surface area contributed by atoms with Crippen LogP contribution >= 0.6 is 0 Å². The second kappa shape index (κ2) is 10.8. The van der Waals surface area contributed by atoms with E-state index in [2.05, 4.69) is 9.97 Å². The Bertz CT molecular complexity index is 1630. The standard InChI is InChI=1S/C28H25F4N5O4/c1-15(33)24-23(27(39)37-13-11-36(12-14-37)26(38)18-5-3-4-6-19(18)29)35-25(41-24)17-7-9-20(40-2)22-16(17)8-10-21(34-22)28(30,31)32/h3-10,15H,11-14,33H2,1-2H3/t15-/m0/s1. The summed E-state index contributed by atoms with van der Waals surface area (Å²) < 4.78 is 65.2. The number of aromatic nitrogens is 2.